The molecule has 1 heterocycles. The molecule has 1 N–H and O–H groups in total. The van der Waals surface area contributed by atoms with E-state index in [1.54, 1.807) is 9.48 Å². The van der Waals surface area contributed by atoms with Crippen molar-refractivity contribution in [2.75, 3.05) is 5.32 Å². The molecule has 23 heavy (non-hydrogen) atoms. The summed E-state index contributed by atoms with van der Waals surface area (Å²) in [6.45, 7) is 4.10. The molecule has 2 aromatic carbocycles. The molecule has 0 unspecified atom stereocenters. The maximum atomic E-state index is 5.96. The average molecular weight is 349 g/mol. The Morgan fingerprint density at radius 2 is 1.52 bits per heavy atom. The van der Waals surface area contributed by atoms with Gasteiger partial charge in [0.05, 0.1) is 11.1 Å². The van der Waals surface area contributed by atoms with Crippen molar-refractivity contribution in [2.45, 2.75) is 19.9 Å². The summed E-state index contributed by atoms with van der Waals surface area (Å²) in [6.07, 6.45) is 0. The number of tetrazole rings is 1. The first-order chi connectivity index (χ1) is 11.0. The van der Waals surface area contributed by atoms with Crippen LogP contribution in [0.5, 0.6) is 0 Å². The summed E-state index contributed by atoms with van der Waals surface area (Å²) < 4.78 is 1.74. The molecule has 0 aliphatic rings. The number of halogens is 2. The second-order valence-electron chi connectivity index (χ2n) is 5.37. The van der Waals surface area contributed by atoms with Crippen LogP contribution < -0.4 is 10.00 Å². The highest BCUT2D eigenvalue weighted by molar-refractivity contribution is 6.30. The standard InChI is InChI=1S/C16H16Cl2N5/c1-11(2)19-16-20-23(15-9-5-13(18)6-10-15)21-22(16)14-7-3-12(17)4-8-14/h3-11H,1-2H3,(H,19,20,21)/q+1. The van der Waals surface area contributed by atoms with Gasteiger partial charge in [-0.2, -0.15) is 0 Å². The summed E-state index contributed by atoms with van der Waals surface area (Å²) >= 11 is 11.9. The molecule has 0 spiro atoms. The maximum absolute atomic E-state index is 5.96. The zero-order chi connectivity index (χ0) is 16.4. The lowest BCUT2D eigenvalue weighted by molar-refractivity contribution is -0.648. The van der Waals surface area contributed by atoms with Crippen molar-refractivity contribution < 1.29 is 4.68 Å². The van der Waals surface area contributed by atoms with E-state index in [1.807, 2.05) is 62.4 Å². The Labute approximate surface area is 144 Å². The molecule has 1 aromatic heterocycles. The van der Waals surface area contributed by atoms with Crippen LogP contribution in [0, 0.1) is 0 Å². The molecule has 5 nitrogen and oxygen atoms in total. The highest BCUT2D eigenvalue weighted by Crippen LogP contribution is 2.14. The van der Waals surface area contributed by atoms with Crippen LogP contribution in [-0.4, -0.2) is 21.2 Å². The monoisotopic (exact) mass is 348 g/mol. The fourth-order valence-corrected chi connectivity index (χ4v) is 2.32. The molecular weight excluding hydrogens is 333 g/mol. The number of nitrogens with one attached hydrogen (secondary N) is 1. The highest BCUT2D eigenvalue weighted by atomic mass is 35.5. The number of nitrogens with zero attached hydrogens (tertiary/aromatic N) is 4. The molecule has 0 radical (unpaired) electrons. The Bertz CT molecular complexity index is 794. The van der Waals surface area contributed by atoms with Gasteiger partial charge in [-0.3, -0.25) is 5.32 Å². The molecule has 0 saturated heterocycles. The van der Waals surface area contributed by atoms with Gasteiger partial charge in [-0.05, 0) is 67.2 Å². The summed E-state index contributed by atoms with van der Waals surface area (Å²) in [5, 5.41) is 13.7. The third-order valence-electron chi connectivity index (χ3n) is 3.11. The van der Waals surface area contributed by atoms with E-state index in [9.17, 15) is 0 Å². The van der Waals surface area contributed by atoms with Crippen LogP contribution in [-0.2, 0) is 0 Å². The van der Waals surface area contributed by atoms with Crippen LogP contribution in [0.4, 0.5) is 5.95 Å². The van der Waals surface area contributed by atoms with Gasteiger partial charge in [0, 0.05) is 15.3 Å². The van der Waals surface area contributed by atoms with Gasteiger partial charge in [-0.1, -0.05) is 27.9 Å². The number of benzene rings is 2. The SMILES string of the molecule is CC(C)Nc1nn(-c2ccc(Cl)cc2)n[n+]1-c1ccc(Cl)cc1. The van der Waals surface area contributed by atoms with Crippen molar-refractivity contribution in [1.29, 1.82) is 0 Å². The molecule has 7 heteroatoms. The lowest BCUT2D eigenvalue weighted by Gasteiger charge is -2.02. The lowest BCUT2D eigenvalue weighted by Crippen LogP contribution is -2.37. The quantitative estimate of drug-likeness (QED) is 0.731. The first-order valence-electron chi connectivity index (χ1n) is 7.21. The van der Waals surface area contributed by atoms with E-state index in [4.69, 9.17) is 23.2 Å². The summed E-state index contributed by atoms with van der Waals surface area (Å²) in [7, 11) is 0. The first kappa shape index (κ1) is 15.8. The second kappa shape index (κ2) is 6.56. The zero-order valence-corrected chi connectivity index (χ0v) is 14.3. The molecule has 0 atom stereocenters. The van der Waals surface area contributed by atoms with Crippen LogP contribution in [0.25, 0.3) is 11.4 Å². The number of hydrogen-bond donors (Lipinski definition) is 1. The Kier molecular flexibility index (Phi) is 4.50. The van der Waals surface area contributed by atoms with E-state index in [-0.39, 0.29) is 6.04 Å². The molecule has 0 bridgehead atoms. The minimum atomic E-state index is 0.226. The van der Waals surface area contributed by atoms with E-state index < -0.39 is 0 Å². The number of rotatable bonds is 4. The number of anilines is 1. The number of aromatic nitrogens is 4. The van der Waals surface area contributed by atoms with E-state index in [1.165, 1.54) is 0 Å². The molecule has 0 aliphatic carbocycles. The summed E-state index contributed by atoms with van der Waals surface area (Å²) in [6, 6.07) is 15.0. The van der Waals surface area contributed by atoms with Gasteiger partial charge in [0.25, 0.3) is 0 Å². The van der Waals surface area contributed by atoms with Crippen LogP contribution in [0.2, 0.25) is 10.0 Å². The van der Waals surface area contributed by atoms with Crippen molar-refractivity contribution >= 4 is 29.2 Å². The van der Waals surface area contributed by atoms with Gasteiger partial charge in [-0.15, -0.1) is 0 Å². The molecule has 0 saturated carbocycles. The summed E-state index contributed by atoms with van der Waals surface area (Å²) in [5.74, 6) is 0.650. The molecule has 118 valence electrons. The zero-order valence-electron chi connectivity index (χ0n) is 12.7. The topological polar surface area (TPSA) is 46.6 Å². The smallest absolute Gasteiger partial charge is 0.288 e. The molecule has 3 rings (SSSR count). The van der Waals surface area contributed by atoms with Crippen molar-refractivity contribution in [3.05, 3.63) is 58.6 Å². The van der Waals surface area contributed by atoms with Crippen LogP contribution >= 0.6 is 23.2 Å². The third-order valence-corrected chi connectivity index (χ3v) is 3.61. The molecule has 0 fully saturated rings. The fraction of sp³-hybridized carbons (Fsp3) is 0.188. The molecule has 3 aromatic rings. The van der Waals surface area contributed by atoms with Crippen molar-refractivity contribution in [1.82, 2.24) is 15.1 Å². The van der Waals surface area contributed by atoms with Gasteiger partial charge < -0.3 is 0 Å². The predicted molar refractivity (Wildman–Crippen MR) is 91.7 cm³/mol. The highest BCUT2D eigenvalue weighted by Gasteiger charge is 2.21. The maximum Gasteiger partial charge on any atom is 0.403 e. The van der Waals surface area contributed by atoms with Gasteiger partial charge >= 0.3 is 5.95 Å². The van der Waals surface area contributed by atoms with Crippen LogP contribution in [0.15, 0.2) is 48.5 Å². The fourth-order valence-electron chi connectivity index (χ4n) is 2.07. The van der Waals surface area contributed by atoms with Crippen molar-refractivity contribution in [2.24, 2.45) is 0 Å². The molecule has 0 amide bonds. The minimum Gasteiger partial charge on any atom is -0.288 e. The Hall–Kier alpha value is -2.11. The Balaban J connectivity index is 2.06. The molecule has 0 aliphatic heterocycles. The average Bonchev–Trinajstić information content (AvgIpc) is 2.92. The van der Waals surface area contributed by atoms with Gasteiger partial charge in [0.15, 0.2) is 0 Å². The molecular formula is C16H16Cl2N5+. The minimum absolute atomic E-state index is 0.226. The van der Waals surface area contributed by atoms with Crippen molar-refractivity contribution in [3.63, 3.8) is 0 Å². The predicted octanol–water partition coefficient (Wildman–Crippen LogP) is 3.67. The normalized spacial score (nSPS) is 11.0. The Morgan fingerprint density at radius 1 is 0.957 bits per heavy atom. The van der Waals surface area contributed by atoms with E-state index in [0.29, 0.717) is 16.0 Å². The first-order valence-corrected chi connectivity index (χ1v) is 7.96. The van der Waals surface area contributed by atoms with Gasteiger partial charge in [0.2, 0.25) is 0 Å². The van der Waals surface area contributed by atoms with Crippen LogP contribution in [0.3, 0.4) is 0 Å². The third kappa shape index (κ3) is 3.63. The lowest BCUT2D eigenvalue weighted by atomic mass is 10.3. The van der Waals surface area contributed by atoms with Gasteiger partial charge in [-0.25, -0.2) is 0 Å². The van der Waals surface area contributed by atoms with E-state index in [0.717, 1.165) is 11.4 Å². The van der Waals surface area contributed by atoms with E-state index in [2.05, 4.69) is 15.6 Å². The number of hydrogen-bond acceptors (Lipinski definition) is 3. The summed E-state index contributed by atoms with van der Waals surface area (Å²) in [4.78, 5) is 1.57. The van der Waals surface area contributed by atoms with Crippen molar-refractivity contribution in [3.8, 4) is 11.4 Å². The van der Waals surface area contributed by atoms with Crippen LogP contribution in [0.1, 0.15) is 13.8 Å². The largest absolute Gasteiger partial charge is 0.403 e. The second-order valence-corrected chi connectivity index (χ2v) is 6.24. The Morgan fingerprint density at radius 3 is 2.09 bits per heavy atom. The van der Waals surface area contributed by atoms with Gasteiger partial charge in [0.1, 0.15) is 11.4 Å². The summed E-state index contributed by atoms with van der Waals surface area (Å²) in [5.41, 5.74) is 1.70. The van der Waals surface area contributed by atoms with E-state index >= 15 is 0 Å².